The van der Waals surface area contributed by atoms with Crippen molar-refractivity contribution in [2.75, 3.05) is 27.3 Å². The van der Waals surface area contributed by atoms with Crippen molar-refractivity contribution in [1.29, 1.82) is 0 Å². The fourth-order valence-electron chi connectivity index (χ4n) is 2.99. The number of ether oxygens (including phenoxy) is 3. The summed E-state index contributed by atoms with van der Waals surface area (Å²) in [5.74, 6) is 1.26. The number of benzene rings is 1. The molecule has 1 heterocycles. The van der Waals surface area contributed by atoms with Gasteiger partial charge in [0.05, 0.1) is 20.8 Å². The molecule has 5 heteroatoms. The molecule has 0 N–H and O–H groups in total. The first-order chi connectivity index (χ1) is 10.8. The first kappa shape index (κ1) is 17.6. The molecule has 1 aromatic carbocycles. The Labute approximate surface area is 138 Å². The van der Waals surface area contributed by atoms with Gasteiger partial charge in [-0.25, -0.2) is 0 Å². The molecule has 0 aromatic heterocycles. The van der Waals surface area contributed by atoms with Crippen molar-refractivity contribution in [3.05, 3.63) is 23.8 Å². The molecule has 0 saturated carbocycles. The van der Waals surface area contributed by atoms with Crippen LogP contribution in [0.3, 0.4) is 0 Å². The summed E-state index contributed by atoms with van der Waals surface area (Å²) in [4.78, 5) is 14.3. The molecule has 5 nitrogen and oxygen atoms in total. The highest BCUT2D eigenvalue weighted by molar-refractivity contribution is 5.72. The van der Waals surface area contributed by atoms with Crippen LogP contribution in [-0.4, -0.2) is 43.8 Å². The van der Waals surface area contributed by atoms with Crippen molar-refractivity contribution in [2.45, 2.75) is 45.3 Å². The summed E-state index contributed by atoms with van der Waals surface area (Å²) in [7, 11) is 3.26. The van der Waals surface area contributed by atoms with E-state index >= 15 is 0 Å². The molecule has 1 aliphatic heterocycles. The minimum atomic E-state index is -0.449. The van der Waals surface area contributed by atoms with E-state index in [0.717, 1.165) is 24.9 Å². The molecule has 1 saturated heterocycles. The van der Waals surface area contributed by atoms with E-state index in [9.17, 15) is 4.79 Å². The van der Waals surface area contributed by atoms with E-state index < -0.39 is 5.60 Å². The van der Waals surface area contributed by atoms with E-state index in [4.69, 9.17) is 14.2 Å². The molecular formula is C18H27NO4. The molecule has 0 bridgehead atoms. The van der Waals surface area contributed by atoms with Crippen molar-refractivity contribution in [1.82, 2.24) is 4.90 Å². The van der Waals surface area contributed by atoms with Crippen LogP contribution < -0.4 is 9.47 Å². The van der Waals surface area contributed by atoms with Crippen molar-refractivity contribution >= 4 is 5.97 Å². The summed E-state index contributed by atoms with van der Waals surface area (Å²) in [6, 6.07) is 6.16. The van der Waals surface area contributed by atoms with Gasteiger partial charge in [-0.15, -0.1) is 0 Å². The van der Waals surface area contributed by atoms with Crippen molar-refractivity contribution < 1.29 is 19.0 Å². The Kier molecular flexibility index (Phi) is 5.52. The highest BCUT2D eigenvalue weighted by atomic mass is 16.6. The lowest BCUT2D eigenvalue weighted by Gasteiger charge is -2.27. The lowest BCUT2D eigenvalue weighted by Crippen LogP contribution is -2.34. The molecule has 128 valence electrons. The summed E-state index contributed by atoms with van der Waals surface area (Å²) in [6.45, 7) is 6.89. The standard InChI is InChI=1S/C18H27NO4/c1-18(2,3)23-17(20)12-19-10-6-7-14(19)13-8-9-15(21-4)16(11-13)22-5/h8-9,11,14H,6-7,10,12H2,1-5H3. The van der Waals surface area contributed by atoms with Gasteiger partial charge in [0, 0.05) is 6.04 Å². The van der Waals surface area contributed by atoms with Gasteiger partial charge in [0.15, 0.2) is 11.5 Å². The molecule has 2 rings (SSSR count). The van der Waals surface area contributed by atoms with Crippen molar-refractivity contribution in [3.8, 4) is 11.5 Å². The zero-order valence-electron chi connectivity index (χ0n) is 14.7. The summed E-state index contributed by atoms with van der Waals surface area (Å²) < 4.78 is 16.1. The van der Waals surface area contributed by atoms with Crippen LogP contribution in [0.5, 0.6) is 11.5 Å². The van der Waals surface area contributed by atoms with Crippen LogP contribution in [-0.2, 0) is 9.53 Å². The fourth-order valence-corrected chi connectivity index (χ4v) is 2.99. The topological polar surface area (TPSA) is 48.0 Å². The summed E-state index contributed by atoms with van der Waals surface area (Å²) in [5, 5.41) is 0. The zero-order valence-corrected chi connectivity index (χ0v) is 14.7. The van der Waals surface area contributed by atoms with Crippen LogP contribution in [0.15, 0.2) is 18.2 Å². The van der Waals surface area contributed by atoms with E-state index in [1.807, 2.05) is 39.0 Å². The maximum atomic E-state index is 12.1. The van der Waals surface area contributed by atoms with Gasteiger partial charge in [-0.2, -0.15) is 0 Å². The molecule has 1 aromatic rings. The summed E-state index contributed by atoms with van der Waals surface area (Å²) in [5.41, 5.74) is 0.694. The first-order valence-corrected chi connectivity index (χ1v) is 8.02. The smallest absolute Gasteiger partial charge is 0.320 e. The third kappa shape index (κ3) is 4.61. The fraction of sp³-hybridized carbons (Fsp3) is 0.611. The Balaban J connectivity index is 2.11. The number of hydrogen-bond donors (Lipinski definition) is 0. The maximum absolute atomic E-state index is 12.1. The van der Waals surface area contributed by atoms with Gasteiger partial charge >= 0.3 is 5.97 Å². The second-order valence-corrected chi connectivity index (χ2v) is 6.83. The number of carbonyl (C=O) groups is 1. The normalized spacial score (nSPS) is 18.7. The van der Waals surface area contributed by atoms with Crippen molar-refractivity contribution in [3.63, 3.8) is 0 Å². The predicted molar refractivity (Wildman–Crippen MR) is 88.9 cm³/mol. The number of methoxy groups -OCH3 is 2. The third-order valence-corrected chi connectivity index (χ3v) is 3.91. The van der Waals surface area contributed by atoms with E-state index in [0.29, 0.717) is 18.0 Å². The molecule has 1 atom stereocenters. The van der Waals surface area contributed by atoms with Crippen LogP contribution in [0.4, 0.5) is 0 Å². The van der Waals surface area contributed by atoms with Crippen LogP contribution in [0.25, 0.3) is 0 Å². The third-order valence-electron chi connectivity index (χ3n) is 3.91. The Morgan fingerprint density at radius 3 is 2.52 bits per heavy atom. The van der Waals surface area contributed by atoms with Crippen LogP contribution in [0.1, 0.15) is 45.2 Å². The average molecular weight is 321 g/mol. The zero-order chi connectivity index (χ0) is 17.0. The minimum Gasteiger partial charge on any atom is -0.493 e. The van der Waals surface area contributed by atoms with Gasteiger partial charge in [-0.3, -0.25) is 9.69 Å². The summed E-state index contributed by atoms with van der Waals surface area (Å²) >= 11 is 0. The number of nitrogens with zero attached hydrogens (tertiary/aromatic N) is 1. The highest BCUT2D eigenvalue weighted by Crippen LogP contribution is 2.36. The molecule has 1 aliphatic rings. The molecule has 0 radical (unpaired) electrons. The lowest BCUT2D eigenvalue weighted by molar-refractivity contribution is -0.156. The molecular weight excluding hydrogens is 294 g/mol. The lowest BCUT2D eigenvalue weighted by atomic mass is 10.0. The van der Waals surface area contributed by atoms with E-state index in [2.05, 4.69) is 4.90 Å². The van der Waals surface area contributed by atoms with Gasteiger partial charge in [-0.1, -0.05) is 6.07 Å². The highest BCUT2D eigenvalue weighted by Gasteiger charge is 2.29. The first-order valence-electron chi connectivity index (χ1n) is 8.02. The van der Waals surface area contributed by atoms with Gasteiger partial charge in [0.1, 0.15) is 5.60 Å². The number of carbonyl (C=O) groups excluding carboxylic acids is 1. The van der Waals surface area contributed by atoms with Gasteiger partial charge in [-0.05, 0) is 57.9 Å². The molecule has 0 spiro atoms. The predicted octanol–water partition coefficient (Wildman–Crippen LogP) is 3.18. The second-order valence-electron chi connectivity index (χ2n) is 6.83. The van der Waals surface area contributed by atoms with Crippen LogP contribution >= 0.6 is 0 Å². The average Bonchev–Trinajstić information content (AvgIpc) is 2.92. The molecule has 1 fully saturated rings. The molecule has 1 unspecified atom stereocenters. The quantitative estimate of drug-likeness (QED) is 0.780. The number of hydrogen-bond acceptors (Lipinski definition) is 5. The Hall–Kier alpha value is -1.75. The van der Waals surface area contributed by atoms with Gasteiger partial charge in [0.25, 0.3) is 0 Å². The monoisotopic (exact) mass is 321 g/mol. The largest absolute Gasteiger partial charge is 0.493 e. The molecule has 0 amide bonds. The molecule has 0 aliphatic carbocycles. The number of esters is 1. The van der Waals surface area contributed by atoms with E-state index in [-0.39, 0.29) is 12.0 Å². The molecule has 23 heavy (non-hydrogen) atoms. The van der Waals surface area contributed by atoms with Gasteiger partial charge < -0.3 is 14.2 Å². The Morgan fingerprint density at radius 1 is 1.22 bits per heavy atom. The SMILES string of the molecule is COc1ccc(C2CCCN2CC(=O)OC(C)(C)C)cc1OC. The van der Waals surface area contributed by atoms with Crippen molar-refractivity contribution in [2.24, 2.45) is 0 Å². The van der Waals surface area contributed by atoms with E-state index in [1.165, 1.54) is 0 Å². The van der Waals surface area contributed by atoms with E-state index in [1.54, 1.807) is 14.2 Å². The second kappa shape index (κ2) is 7.21. The number of rotatable bonds is 5. The maximum Gasteiger partial charge on any atom is 0.320 e. The Bertz CT molecular complexity index is 550. The van der Waals surface area contributed by atoms with Gasteiger partial charge in [0.2, 0.25) is 0 Å². The minimum absolute atomic E-state index is 0.176. The van der Waals surface area contributed by atoms with Crippen LogP contribution in [0, 0.1) is 0 Å². The Morgan fingerprint density at radius 2 is 1.91 bits per heavy atom. The number of likely N-dealkylation sites (tertiary alicyclic amines) is 1. The summed E-state index contributed by atoms with van der Waals surface area (Å²) in [6.07, 6.45) is 2.10. The van der Waals surface area contributed by atoms with Crippen LogP contribution in [0.2, 0.25) is 0 Å².